The lowest BCUT2D eigenvalue weighted by Crippen LogP contribution is -2.50. The van der Waals surface area contributed by atoms with E-state index in [1.54, 1.807) is 22.5 Å². The Labute approximate surface area is 168 Å². The van der Waals surface area contributed by atoms with Crippen LogP contribution in [0.5, 0.6) is 0 Å². The van der Waals surface area contributed by atoms with Crippen molar-refractivity contribution >= 4 is 15.8 Å². The number of rotatable bonds is 5. The lowest BCUT2D eigenvalue weighted by molar-refractivity contribution is -0.116. The smallest absolute Gasteiger partial charge is 0.243 e. The average molecular weight is 406 g/mol. The van der Waals surface area contributed by atoms with Crippen LogP contribution in [-0.2, 0) is 25.0 Å². The van der Waals surface area contributed by atoms with E-state index in [1.165, 1.54) is 0 Å². The van der Waals surface area contributed by atoms with E-state index < -0.39 is 10.0 Å². The Hall–Kier alpha value is -1.50. The van der Waals surface area contributed by atoms with Crippen LogP contribution in [-0.4, -0.2) is 44.8 Å². The standard InChI is InChI=1S/C22H31NO4S/c1-5-27-16-22-12-10-19(24)14-18(22)11-13-23(15-22)28(25,26)20-8-6-17(7-9-20)21(2,3)4/h6-9,14H,5,10-13,15-16H2,1-4H3. The van der Waals surface area contributed by atoms with Crippen molar-refractivity contribution < 1.29 is 17.9 Å². The van der Waals surface area contributed by atoms with E-state index in [9.17, 15) is 13.2 Å². The predicted molar refractivity (Wildman–Crippen MR) is 110 cm³/mol. The molecule has 1 aromatic carbocycles. The van der Waals surface area contributed by atoms with Gasteiger partial charge in [0.2, 0.25) is 10.0 Å². The molecule has 2 aliphatic rings. The molecule has 1 aliphatic heterocycles. The van der Waals surface area contributed by atoms with Crippen LogP contribution in [0.1, 0.15) is 52.5 Å². The molecule has 1 aliphatic carbocycles. The summed E-state index contributed by atoms with van der Waals surface area (Å²) in [6, 6.07) is 7.22. The van der Waals surface area contributed by atoms with E-state index in [-0.39, 0.29) is 16.6 Å². The highest BCUT2D eigenvalue weighted by molar-refractivity contribution is 7.89. The van der Waals surface area contributed by atoms with Crippen LogP contribution in [0.15, 0.2) is 40.8 Å². The molecule has 28 heavy (non-hydrogen) atoms. The molecule has 0 amide bonds. The zero-order valence-electron chi connectivity index (χ0n) is 17.3. The lowest BCUT2D eigenvalue weighted by Gasteiger charge is -2.45. The zero-order chi connectivity index (χ0) is 20.6. The highest BCUT2D eigenvalue weighted by Gasteiger charge is 2.45. The molecule has 1 fully saturated rings. The number of sulfonamides is 1. The lowest BCUT2D eigenvalue weighted by atomic mass is 9.69. The van der Waals surface area contributed by atoms with Gasteiger partial charge in [0, 0.05) is 31.5 Å². The van der Waals surface area contributed by atoms with Gasteiger partial charge in [-0.3, -0.25) is 4.79 Å². The maximum Gasteiger partial charge on any atom is 0.243 e. The molecule has 0 N–H and O–H groups in total. The zero-order valence-corrected chi connectivity index (χ0v) is 18.1. The van der Waals surface area contributed by atoms with E-state index in [4.69, 9.17) is 4.74 Å². The number of carbonyl (C=O) groups is 1. The summed E-state index contributed by atoms with van der Waals surface area (Å²) in [6.45, 7) is 10.1. The van der Waals surface area contributed by atoms with Gasteiger partial charge in [0.05, 0.1) is 11.5 Å². The molecule has 1 aromatic rings. The SMILES string of the molecule is CCOCC12CCC(=O)C=C1CCN(S(=O)(=O)c1ccc(C(C)(C)C)cc1)C2. The molecule has 1 unspecified atom stereocenters. The van der Waals surface area contributed by atoms with Crippen molar-refractivity contribution in [3.63, 3.8) is 0 Å². The number of allylic oxidation sites excluding steroid dienone is 1. The van der Waals surface area contributed by atoms with Crippen molar-refractivity contribution in [3.05, 3.63) is 41.5 Å². The number of ether oxygens (including phenoxy) is 1. The number of hydrogen-bond acceptors (Lipinski definition) is 4. The van der Waals surface area contributed by atoms with E-state index in [0.29, 0.717) is 50.5 Å². The number of fused-ring (bicyclic) bond motifs is 1. The average Bonchev–Trinajstić information content (AvgIpc) is 2.65. The molecule has 6 heteroatoms. The number of piperidine rings is 1. The second-order valence-electron chi connectivity index (χ2n) is 8.92. The minimum atomic E-state index is -3.59. The number of benzene rings is 1. The van der Waals surface area contributed by atoms with Gasteiger partial charge in [0.15, 0.2) is 5.78 Å². The maximum atomic E-state index is 13.3. The molecule has 0 spiro atoms. The summed E-state index contributed by atoms with van der Waals surface area (Å²) in [6.07, 6.45) is 3.40. The molecule has 0 radical (unpaired) electrons. The van der Waals surface area contributed by atoms with Crippen molar-refractivity contribution in [2.45, 2.75) is 57.3 Å². The van der Waals surface area contributed by atoms with E-state index in [1.807, 2.05) is 19.1 Å². The normalized spacial score (nSPS) is 24.0. The summed E-state index contributed by atoms with van der Waals surface area (Å²) in [5, 5.41) is 0. The molecule has 1 heterocycles. The van der Waals surface area contributed by atoms with Gasteiger partial charge in [0.1, 0.15) is 0 Å². The Morgan fingerprint density at radius 2 is 1.82 bits per heavy atom. The van der Waals surface area contributed by atoms with Crippen LogP contribution < -0.4 is 0 Å². The summed E-state index contributed by atoms with van der Waals surface area (Å²) < 4.78 is 33.9. The van der Waals surface area contributed by atoms with Gasteiger partial charge in [-0.2, -0.15) is 4.31 Å². The van der Waals surface area contributed by atoms with Gasteiger partial charge in [-0.05, 0) is 49.0 Å². The van der Waals surface area contributed by atoms with Gasteiger partial charge < -0.3 is 4.74 Å². The second-order valence-corrected chi connectivity index (χ2v) is 10.9. The van der Waals surface area contributed by atoms with Crippen LogP contribution in [0.25, 0.3) is 0 Å². The van der Waals surface area contributed by atoms with Gasteiger partial charge in [-0.25, -0.2) is 8.42 Å². The first kappa shape index (κ1) is 21.2. The molecule has 0 bridgehead atoms. The highest BCUT2D eigenvalue weighted by atomic mass is 32.2. The molecular formula is C22H31NO4S. The number of hydrogen-bond donors (Lipinski definition) is 0. The van der Waals surface area contributed by atoms with E-state index in [2.05, 4.69) is 20.8 Å². The molecule has 3 rings (SSSR count). The Morgan fingerprint density at radius 3 is 2.43 bits per heavy atom. The fourth-order valence-electron chi connectivity index (χ4n) is 4.11. The number of nitrogens with zero attached hydrogens (tertiary/aromatic N) is 1. The third-order valence-electron chi connectivity index (χ3n) is 5.92. The van der Waals surface area contributed by atoms with Crippen molar-refractivity contribution in [2.75, 3.05) is 26.3 Å². The Kier molecular flexibility index (Phi) is 5.86. The van der Waals surface area contributed by atoms with Crippen LogP contribution in [0.2, 0.25) is 0 Å². The summed E-state index contributed by atoms with van der Waals surface area (Å²) >= 11 is 0. The minimum absolute atomic E-state index is 0.0245. The predicted octanol–water partition coefficient (Wildman–Crippen LogP) is 3.69. The fraction of sp³-hybridized carbons (Fsp3) is 0.591. The molecule has 5 nitrogen and oxygen atoms in total. The second kappa shape index (κ2) is 7.73. The summed E-state index contributed by atoms with van der Waals surface area (Å²) in [7, 11) is -3.59. The first-order valence-electron chi connectivity index (χ1n) is 10.0. The van der Waals surface area contributed by atoms with Gasteiger partial charge >= 0.3 is 0 Å². The van der Waals surface area contributed by atoms with Gasteiger partial charge in [-0.1, -0.05) is 38.5 Å². The molecule has 0 saturated carbocycles. The van der Waals surface area contributed by atoms with Crippen LogP contribution in [0.3, 0.4) is 0 Å². The third kappa shape index (κ3) is 4.09. The van der Waals surface area contributed by atoms with Crippen molar-refractivity contribution in [3.8, 4) is 0 Å². The van der Waals surface area contributed by atoms with Crippen LogP contribution in [0.4, 0.5) is 0 Å². The van der Waals surface area contributed by atoms with Crippen molar-refractivity contribution in [2.24, 2.45) is 5.41 Å². The van der Waals surface area contributed by atoms with E-state index in [0.717, 1.165) is 11.1 Å². The topological polar surface area (TPSA) is 63.7 Å². The first-order valence-corrected chi connectivity index (χ1v) is 11.4. The maximum absolute atomic E-state index is 13.3. The molecule has 154 valence electrons. The molecule has 1 saturated heterocycles. The van der Waals surface area contributed by atoms with Crippen LogP contribution in [0, 0.1) is 5.41 Å². The summed E-state index contributed by atoms with van der Waals surface area (Å²) in [4.78, 5) is 12.2. The summed E-state index contributed by atoms with van der Waals surface area (Å²) in [5.41, 5.74) is 1.74. The minimum Gasteiger partial charge on any atom is -0.381 e. The number of ketones is 1. The quantitative estimate of drug-likeness (QED) is 0.749. The molecule has 1 atom stereocenters. The molecule has 0 aromatic heterocycles. The Bertz CT molecular complexity index is 865. The Morgan fingerprint density at radius 1 is 1.14 bits per heavy atom. The monoisotopic (exact) mass is 405 g/mol. The number of carbonyl (C=O) groups excluding carboxylic acids is 1. The van der Waals surface area contributed by atoms with Crippen molar-refractivity contribution in [1.82, 2.24) is 4.31 Å². The summed E-state index contributed by atoms with van der Waals surface area (Å²) in [5.74, 6) is 0.135. The highest BCUT2D eigenvalue weighted by Crippen LogP contribution is 2.44. The van der Waals surface area contributed by atoms with Gasteiger partial charge in [0.25, 0.3) is 0 Å². The third-order valence-corrected chi connectivity index (χ3v) is 7.78. The van der Waals surface area contributed by atoms with Crippen LogP contribution >= 0.6 is 0 Å². The van der Waals surface area contributed by atoms with Crippen molar-refractivity contribution in [1.29, 1.82) is 0 Å². The fourth-order valence-corrected chi connectivity index (χ4v) is 5.64. The molecular weight excluding hydrogens is 374 g/mol. The largest absolute Gasteiger partial charge is 0.381 e. The van der Waals surface area contributed by atoms with Gasteiger partial charge in [-0.15, -0.1) is 0 Å². The van der Waals surface area contributed by atoms with E-state index >= 15 is 0 Å². The first-order chi connectivity index (χ1) is 13.1. The Balaban J connectivity index is 1.89.